The Morgan fingerprint density at radius 2 is 2.00 bits per heavy atom. The number of rotatable bonds is 2. The number of carbonyl (C=O) groups is 1. The van der Waals surface area contributed by atoms with E-state index in [-0.39, 0.29) is 5.56 Å². The normalized spacial score (nSPS) is 10.0. The number of nitrogens with zero attached hydrogens (tertiary/aromatic N) is 1. The summed E-state index contributed by atoms with van der Waals surface area (Å²) < 4.78 is 17.9. The third kappa shape index (κ3) is 2.30. The molecule has 17 heavy (non-hydrogen) atoms. The lowest BCUT2D eigenvalue weighted by atomic mass is 10.1. The van der Waals surface area contributed by atoms with Crippen LogP contribution in [0.2, 0.25) is 0 Å². The molecule has 0 bridgehead atoms. The van der Waals surface area contributed by atoms with Gasteiger partial charge in [-0.25, -0.2) is 9.18 Å². The van der Waals surface area contributed by atoms with Crippen molar-refractivity contribution in [1.29, 1.82) is 0 Å². The molecule has 0 radical (unpaired) electrons. The van der Waals surface area contributed by atoms with Crippen LogP contribution in [0.25, 0.3) is 11.3 Å². The first kappa shape index (κ1) is 11.3. The maximum absolute atomic E-state index is 13.4. The van der Waals surface area contributed by atoms with E-state index in [1.165, 1.54) is 13.2 Å². The molecule has 0 aliphatic rings. The van der Waals surface area contributed by atoms with Gasteiger partial charge in [0.25, 0.3) is 0 Å². The molecule has 1 heterocycles. The molecule has 3 nitrogen and oxygen atoms in total. The Balaban J connectivity index is 2.48. The molecule has 0 aliphatic carbocycles. The number of aromatic nitrogens is 1. The lowest BCUT2D eigenvalue weighted by Gasteiger charge is -2.04. The molecular weight excluding hydrogens is 221 g/mol. The Hall–Kier alpha value is -2.23. The molecular formula is C13H10FNO2. The first-order chi connectivity index (χ1) is 8.22. The monoisotopic (exact) mass is 231 g/mol. The zero-order valence-electron chi connectivity index (χ0n) is 9.18. The van der Waals surface area contributed by atoms with Gasteiger partial charge in [0, 0.05) is 5.56 Å². The largest absolute Gasteiger partial charge is 0.465 e. The van der Waals surface area contributed by atoms with Gasteiger partial charge in [0.2, 0.25) is 0 Å². The molecule has 1 aromatic carbocycles. The van der Waals surface area contributed by atoms with Crippen molar-refractivity contribution < 1.29 is 13.9 Å². The van der Waals surface area contributed by atoms with Crippen molar-refractivity contribution in [3.8, 4) is 11.3 Å². The van der Waals surface area contributed by atoms with Crippen molar-refractivity contribution >= 4 is 5.97 Å². The number of pyridine rings is 1. The summed E-state index contributed by atoms with van der Waals surface area (Å²) in [5, 5.41) is 0. The third-order valence-electron chi connectivity index (χ3n) is 2.33. The van der Waals surface area contributed by atoms with Crippen LogP contribution in [0.1, 0.15) is 10.4 Å². The number of hydrogen-bond donors (Lipinski definition) is 0. The molecule has 0 N–H and O–H groups in total. The van der Waals surface area contributed by atoms with Crippen molar-refractivity contribution in [3.05, 3.63) is 54.0 Å². The van der Waals surface area contributed by atoms with Crippen LogP contribution in [0.4, 0.5) is 4.39 Å². The van der Waals surface area contributed by atoms with E-state index in [1.54, 1.807) is 0 Å². The second-order valence-corrected chi connectivity index (χ2v) is 3.41. The zero-order chi connectivity index (χ0) is 12.3. The molecule has 0 fully saturated rings. The fourth-order valence-electron chi connectivity index (χ4n) is 1.47. The third-order valence-corrected chi connectivity index (χ3v) is 2.33. The van der Waals surface area contributed by atoms with E-state index in [9.17, 15) is 9.18 Å². The summed E-state index contributed by atoms with van der Waals surface area (Å²) >= 11 is 0. The van der Waals surface area contributed by atoms with Crippen molar-refractivity contribution in [2.45, 2.75) is 0 Å². The van der Waals surface area contributed by atoms with Crippen LogP contribution in [0.5, 0.6) is 0 Å². The van der Waals surface area contributed by atoms with E-state index in [4.69, 9.17) is 0 Å². The van der Waals surface area contributed by atoms with Crippen LogP contribution in [-0.2, 0) is 4.74 Å². The van der Waals surface area contributed by atoms with Gasteiger partial charge in [0.15, 0.2) is 5.82 Å². The maximum Gasteiger partial charge on any atom is 0.340 e. The van der Waals surface area contributed by atoms with Gasteiger partial charge in [-0.15, -0.1) is 0 Å². The van der Waals surface area contributed by atoms with E-state index < -0.39 is 11.8 Å². The summed E-state index contributed by atoms with van der Waals surface area (Å²) in [6, 6.07) is 10.6. The Morgan fingerprint density at radius 3 is 2.65 bits per heavy atom. The number of methoxy groups -OCH3 is 1. The van der Waals surface area contributed by atoms with Crippen LogP contribution in [0.15, 0.2) is 42.6 Å². The Kier molecular flexibility index (Phi) is 3.14. The number of carbonyl (C=O) groups excluding carboxylic acids is 1. The quantitative estimate of drug-likeness (QED) is 0.746. The predicted molar refractivity (Wildman–Crippen MR) is 61.0 cm³/mol. The lowest BCUT2D eigenvalue weighted by Crippen LogP contribution is -2.05. The number of ether oxygens (including phenoxy) is 1. The molecule has 2 aromatic rings. The molecule has 0 saturated carbocycles. The van der Waals surface area contributed by atoms with Gasteiger partial charge in [0.1, 0.15) is 0 Å². The summed E-state index contributed by atoms with van der Waals surface area (Å²) in [4.78, 5) is 15.3. The summed E-state index contributed by atoms with van der Waals surface area (Å²) in [5.74, 6) is -1.39. The second-order valence-electron chi connectivity index (χ2n) is 3.41. The van der Waals surface area contributed by atoms with Gasteiger partial charge < -0.3 is 4.74 Å². The first-order valence-corrected chi connectivity index (χ1v) is 5.01. The van der Waals surface area contributed by atoms with E-state index in [2.05, 4.69) is 9.72 Å². The van der Waals surface area contributed by atoms with E-state index in [0.717, 1.165) is 11.8 Å². The molecule has 0 atom stereocenters. The predicted octanol–water partition coefficient (Wildman–Crippen LogP) is 2.67. The molecule has 0 saturated heterocycles. The first-order valence-electron chi connectivity index (χ1n) is 5.01. The van der Waals surface area contributed by atoms with Gasteiger partial charge in [-0.3, -0.25) is 4.98 Å². The number of hydrogen-bond acceptors (Lipinski definition) is 3. The smallest absolute Gasteiger partial charge is 0.340 e. The van der Waals surface area contributed by atoms with E-state index in [0.29, 0.717) is 5.69 Å². The highest BCUT2D eigenvalue weighted by atomic mass is 19.1. The molecule has 0 aliphatic heterocycles. The fraction of sp³-hybridized carbons (Fsp3) is 0.0769. The van der Waals surface area contributed by atoms with E-state index in [1.807, 2.05) is 30.3 Å². The van der Waals surface area contributed by atoms with Gasteiger partial charge >= 0.3 is 5.97 Å². The highest BCUT2D eigenvalue weighted by Gasteiger charge is 2.14. The average Bonchev–Trinajstić information content (AvgIpc) is 2.39. The van der Waals surface area contributed by atoms with Crippen LogP contribution in [0, 0.1) is 5.82 Å². The molecule has 0 spiro atoms. The van der Waals surface area contributed by atoms with Crippen LogP contribution >= 0.6 is 0 Å². The van der Waals surface area contributed by atoms with Crippen molar-refractivity contribution in [1.82, 2.24) is 4.98 Å². The van der Waals surface area contributed by atoms with Crippen molar-refractivity contribution in [3.63, 3.8) is 0 Å². The highest BCUT2D eigenvalue weighted by Crippen LogP contribution is 2.19. The van der Waals surface area contributed by atoms with Crippen LogP contribution < -0.4 is 0 Å². The summed E-state index contributed by atoms with van der Waals surface area (Å²) in [5.41, 5.74) is 1.24. The van der Waals surface area contributed by atoms with Gasteiger partial charge in [-0.2, -0.15) is 0 Å². The average molecular weight is 231 g/mol. The number of esters is 1. The molecule has 2 rings (SSSR count). The van der Waals surface area contributed by atoms with Gasteiger partial charge in [-0.05, 0) is 6.07 Å². The SMILES string of the molecule is COC(=O)c1cc(-c2ccccc2)ncc1F. The summed E-state index contributed by atoms with van der Waals surface area (Å²) in [6.07, 6.45) is 1.02. The molecule has 4 heteroatoms. The zero-order valence-corrected chi connectivity index (χ0v) is 9.18. The molecule has 86 valence electrons. The van der Waals surface area contributed by atoms with Crippen molar-refractivity contribution in [2.24, 2.45) is 0 Å². The molecule has 0 amide bonds. The Labute approximate surface area is 97.9 Å². The summed E-state index contributed by atoms with van der Waals surface area (Å²) in [7, 11) is 1.21. The van der Waals surface area contributed by atoms with Gasteiger partial charge in [-0.1, -0.05) is 30.3 Å². The molecule has 1 aromatic heterocycles. The standard InChI is InChI=1S/C13H10FNO2/c1-17-13(16)10-7-12(15-8-11(10)14)9-5-3-2-4-6-9/h2-8H,1H3. The topological polar surface area (TPSA) is 39.2 Å². The molecule has 0 unspecified atom stereocenters. The Morgan fingerprint density at radius 1 is 1.29 bits per heavy atom. The van der Waals surface area contributed by atoms with Crippen molar-refractivity contribution in [2.75, 3.05) is 7.11 Å². The van der Waals surface area contributed by atoms with E-state index >= 15 is 0 Å². The number of halogens is 1. The van der Waals surface area contributed by atoms with Crippen LogP contribution in [-0.4, -0.2) is 18.1 Å². The Bertz CT molecular complexity index is 540. The van der Waals surface area contributed by atoms with Crippen LogP contribution in [0.3, 0.4) is 0 Å². The summed E-state index contributed by atoms with van der Waals surface area (Å²) in [6.45, 7) is 0. The lowest BCUT2D eigenvalue weighted by molar-refractivity contribution is 0.0595. The number of benzene rings is 1. The highest BCUT2D eigenvalue weighted by molar-refractivity contribution is 5.90. The fourth-order valence-corrected chi connectivity index (χ4v) is 1.47. The minimum atomic E-state index is -0.706. The maximum atomic E-state index is 13.4. The minimum absolute atomic E-state index is 0.110. The second kappa shape index (κ2) is 4.74. The van der Waals surface area contributed by atoms with Gasteiger partial charge in [0.05, 0.1) is 24.6 Å². The minimum Gasteiger partial charge on any atom is -0.465 e.